The monoisotopic (exact) mass is 339 g/mol. The largest absolute Gasteiger partial charge is 0.468 e. The Bertz CT molecular complexity index is 870. The lowest BCUT2D eigenvalue weighted by molar-refractivity contribution is -0.147. The molecule has 124 valence electrons. The highest BCUT2D eigenvalue weighted by atomic mass is 32.1. The van der Waals surface area contributed by atoms with Gasteiger partial charge in [0.2, 0.25) is 0 Å². The number of fused-ring (bicyclic) bond motifs is 1. The van der Waals surface area contributed by atoms with Gasteiger partial charge in [0.25, 0.3) is 0 Å². The van der Waals surface area contributed by atoms with Gasteiger partial charge in [-0.3, -0.25) is 4.79 Å². The fourth-order valence-electron chi connectivity index (χ4n) is 3.09. The Morgan fingerprint density at radius 1 is 1.12 bits per heavy atom. The van der Waals surface area contributed by atoms with Crippen LogP contribution in [0.5, 0.6) is 0 Å². The third-order valence-electron chi connectivity index (χ3n) is 4.70. The van der Waals surface area contributed by atoms with Crippen LogP contribution in [0.3, 0.4) is 0 Å². The van der Waals surface area contributed by atoms with Crippen LogP contribution in [0.1, 0.15) is 19.5 Å². The molecule has 1 heterocycles. The lowest BCUT2D eigenvalue weighted by atomic mass is 9.83. The summed E-state index contributed by atoms with van der Waals surface area (Å²) >= 11 is 4.61. The molecule has 0 fully saturated rings. The van der Waals surface area contributed by atoms with Crippen LogP contribution in [-0.4, -0.2) is 22.9 Å². The molecule has 0 aliphatic carbocycles. The second kappa shape index (κ2) is 6.36. The first-order valence-corrected chi connectivity index (χ1v) is 8.44. The predicted octanol–water partition coefficient (Wildman–Crippen LogP) is 4.38. The van der Waals surface area contributed by atoms with E-state index in [9.17, 15) is 4.79 Å². The van der Waals surface area contributed by atoms with Crippen LogP contribution in [0.4, 0.5) is 0 Å². The molecule has 0 saturated heterocycles. The molecule has 0 bridgehead atoms. The fourth-order valence-corrected chi connectivity index (χ4v) is 3.33. The summed E-state index contributed by atoms with van der Waals surface area (Å²) in [6, 6.07) is 20.2. The number of para-hydroxylation sites is 2. The molecule has 0 saturated carbocycles. The molecule has 2 aromatic carbocycles. The average Bonchev–Trinajstić information content (AvgIpc) is 3.00. The molecule has 24 heavy (non-hydrogen) atoms. The summed E-state index contributed by atoms with van der Waals surface area (Å²) in [6.07, 6.45) is 0. The molecule has 4 heteroatoms. The van der Waals surface area contributed by atoms with E-state index in [1.165, 1.54) is 7.11 Å². The molecule has 0 aliphatic heterocycles. The van der Waals surface area contributed by atoms with Crippen molar-refractivity contribution in [2.45, 2.75) is 24.5 Å². The van der Waals surface area contributed by atoms with Crippen molar-refractivity contribution in [2.24, 2.45) is 0 Å². The van der Waals surface area contributed by atoms with E-state index in [1.54, 1.807) is 0 Å². The number of methoxy groups -OCH3 is 1. The molecule has 1 aromatic heterocycles. The van der Waals surface area contributed by atoms with E-state index >= 15 is 0 Å². The van der Waals surface area contributed by atoms with Gasteiger partial charge < -0.3 is 9.30 Å². The summed E-state index contributed by atoms with van der Waals surface area (Å²) in [5.41, 5.74) is 2.08. The number of thiol groups is 1. The first-order valence-electron chi connectivity index (χ1n) is 7.93. The third kappa shape index (κ3) is 2.51. The van der Waals surface area contributed by atoms with Crippen molar-refractivity contribution in [2.75, 3.05) is 7.11 Å². The summed E-state index contributed by atoms with van der Waals surface area (Å²) in [5, 5.41) is 0.872. The zero-order valence-corrected chi connectivity index (χ0v) is 15.0. The highest BCUT2D eigenvalue weighted by molar-refractivity contribution is 7.81. The van der Waals surface area contributed by atoms with E-state index < -0.39 is 5.41 Å². The van der Waals surface area contributed by atoms with Crippen molar-refractivity contribution in [3.8, 4) is 5.69 Å². The quantitative estimate of drug-likeness (QED) is 0.565. The van der Waals surface area contributed by atoms with Crippen LogP contribution >= 0.6 is 12.6 Å². The van der Waals surface area contributed by atoms with Gasteiger partial charge in [-0.1, -0.05) is 43.3 Å². The molecule has 0 amide bonds. The van der Waals surface area contributed by atoms with Gasteiger partial charge in [-0.2, -0.15) is 12.6 Å². The molecule has 0 N–H and O–H groups in total. The van der Waals surface area contributed by atoms with Gasteiger partial charge in [0.05, 0.1) is 12.6 Å². The molecule has 0 spiro atoms. The molecule has 2 unspecified atom stereocenters. The van der Waals surface area contributed by atoms with E-state index in [-0.39, 0.29) is 11.2 Å². The first-order chi connectivity index (χ1) is 11.5. The van der Waals surface area contributed by atoms with Crippen molar-refractivity contribution in [1.29, 1.82) is 0 Å². The molecule has 3 rings (SSSR count). The molecular formula is C20H21NO2S. The van der Waals surface area contributed by atoms with Crippen molar-refractivity contribution in [1.82, 2.24) is 4.57 Å². The Morgan fingerprint density at radius 2 is 1.75 bits per heavy atom. The summed E-state index contributed by atoms with van der Waals surface area (Å²) < 4.78 is 7.24. The number of carbonyl (C=O) groups excluding carboxylic acids is 1. The Kier molecular flexibility index (Phi) is 4.41. The van der Waals surface area contributed by atoms with Gasteiger partial charge in [0.1, 0.15) is 5.41 Å². The highest BCUT2D eigenvalue weighted by Gasteiger charge is 2.43. The minimum Gasteiger partial charge on any atom is -0.468 e. The topological polar surface area (TPSA) is 31.2 Å². The number of nitrogens with zero attached hydrogens (tertiary/aromatic N) is 1. The molecule has 3 aromatic rings. The van der Waals surface area contributed by atoms with E-state index in [0.29, 0.717) is 0 Å². The Balaban J connectivity index is 2.38. The van der Waals surface area contributed by atoms with E-state index in [4.69, 9.17) is 4.74 Å². The number of aromatic nitrogens is 1. The fraction of sp³-hybridized carbons (Fsp3) is 0.250. The summed E-state index contributed by atoms with van der Waals surface area (Å²) in [4.78, 5) is 12.7. The number of benzene rings is 2. The predicted molar refractivity (Wildman–Crippen MR) is 101 cm³/mol. The van der Waals surface area contributed by atoms with Gasteiger partial charge in [-0.15, -0.1) is 0 Å². The maximum atomic E-state index is 12.7. The molecule has 0 radical (unpaired) electrons. The maximum Gasteiger partial charge on any atom is 0.318 e. The maximum absolute atomic E-state index is 12.7. The summed E-state index contributed by atoms with van der Waals surface area (Å²) in [5.74, 6) is -0.287. The van der Waals surface area contributed by atoms with Crippen molar-refractivity contribution < 1.29 is 9.53 Å². The second-order valence-corrected chi connectivity index (χ2v) is 6.90. The lowest BCUT2D eigenvalue weighted by Crippen LogP contribution is -2.42. The second-order valence-electron chi connectivity index (χ2n) is 6.13. The number of carbonyl (C=O) groups is 1. The summed E-state index contributed by atoms with van der Waals surface area (Å²) in [7, 11) is 1.42. The van der Waals surface area contributed by atoms with Crippen molar-refractivity contribution in [3.63, 3.8) is 0 Å². The van der Waals surface area contributed by atoms with Gasteiger partial charge in [-0.25, -0.2) is 0 Å². The van der Waals surface area contributed by atoms with Crippen LogP contribution in [0.25, 0.3) is 16.6 Å². The molecule has 3 nitrogen and oxygen atoms in total. The van der Waals surface area contributed by atoms with Crippen LogP contribution in [0.2, 0.25) is 0 Å². The highest BCUT2D eigenvalue weighted by Crippen LogP contribution is 2.37. The smallest absolute Gasteiger partial charge is 0.318 e. The molecule has 2 atom stereocenters. The van der Waals surface area contributed by atoms with Gasteiger partial charge in [-0.05, 0) is 31.2 Å². The standard InChI is InChI=1S/C20H21NO2S/c1-14(24)20(2,19(22)23-3)18-13-15-9-7-8-12-17(15)21(18)16-10-5-4-6-11-16/h4-14,24H,1-3H3. The molecular weight excluding hydrogens is 318 g/mol. The van der Waals surface area contributed by atoms with Gasteiger partial charge >= 0.3 is 5.97 Å². The van der Waals surface area contributed by atoms with E-state index in [2.05, 4.69) is 35.4 Å². The van der Waals surface area contributed by atoms with Gasteiger partial charge in [0.15, 0.2) is 0 Å². The zero-order valence-electron chi connectivity index (χ0n) is 14.1. The van der Waals surface area contributed by atoms with Crippen molar-refractivity contribution >= 4 is 29.5 Å². The minimum atomic E-state index is -0.868. The zero-order chi connectivity index (χ0) is 17.3. The third-order valence-corrected chi connectivity index (χ3v) is 5.22. The molecule has 0 aliphatic rings. The van der Waals surface area contributed by atoms with E-state index in [0.717, 1.165) is 22.3 Å². The number of hydrogen-bond acceptors (Lipinski definition) is 3. The van der Waals surface area contributed by atoms with Crippen LogP contribution in [0.15, 0.2) is 60.7 Å². The van der Waals surface area contributed by atoms with Crippen LogP contribution in [0, 0.1) is 0 Å². The number of esters is 1. The van der Waals surface area contributed by atoms with Crippen LogP contribution < -0.4 is 0 Å². The first kappa shape index (κ1) is 16.7. The summed E-state index contributed by atoms with van der Waals surface area (Å²) in [6.45, 7) is 3.82. The van der Waals surface area contributed by atoms with E-state index in [1.807, 2.05) is 56.3 Å². The minimum absolute atomic E-state index is 0.211. The Labute approximate surface area is 147 Å². The SMILES string of the molecule is COC(=O)C(C)(c1cc2ccccc2n1-c1ccccc1)C(C)S. The average molecular weight is 339 g/mol. The lowest BCUT2D eigenvalue weighted by Gasteiger charge is -2.31. The number of hydrogen-bond donors (Lipinski definition) is 1. The number of rotatable bonds is 4. The van der Waals surface area contributed by atoms with Crippen molar-refractivity contribution in [3.05, 3.63) is 66.4 Å². The van der Waals surface area contributed by atoms with Crippen LogP contribution in [-0.2, 0) is 14.9 Å². The Hall–Kier alpha value is -2.20. The normalized spacial score (nSPS) is 15.0. The number of ether oxygens (including phenoxy) is 1. The van der Waals surface area contributed by atoms with Gasteiger partial charge in [0, 0.05) is 22.0 Å². The Morgan fingerprint density at radius 3 is 2.38 bits per heavy atom.